The van der Waals surface area contributed by atoms with E-state index in [1.54, 1.807) is 23.0 Å². The van der Waals surface area contributed by atoms with E-state index in [1.165, 1.54) is 0 Å². The van der Waals surface area contributed by atoms with Gasteiger partial charge < -0.3 is 4.74 Å². The van der Waals surface area contributed by atoms with Crippen molar-refractivity contribution < 1.29 is 4.74 Å². The maximum Gasteiger partial charge on any atom is 0.266 e. The van der Waals surface area contributed by atoms with Crippen molar-refractivity contribution in [1.82, 2.24) is 14.7 Å². The molecule has 0 bridgehead atoms. The van der Waals surface area contributed by atoms with Crippen LogP contribution in [0.2, 0.25) is 0 Å². The van der Waals surface area contributed by atoms with Crippen molar-refractivity contribution in [3.8, 4) is 0 Å². The standard InChI is InChI=1S/C11H15N3O2/c15-11-2-1-3-12-14(11)6-9-4-13(5-9)10-7-16-8-10/h1-3,9-10H,4-8H2. The van der Waals surface area contributed by atoms with Crippen molar-refractivity contribution in [2.24, 2.45) is 5.92 Å². The Balaban J connectivity index is 1.54. The minimum Gasteiger partial charge on any atom is -0.378 e. The van der Waals surface area contributed by atoms with Crippen LogP contribution in [0.5, 0.6) is 0 Å². The minimum absolute atomic E-state index is 0.00655. The molecule has 0 saturated carbocycles. The molecule has 2 fully saturated rings. The Morgan fingerprint density at radius 3 is 2.88 bits per heavy atom. The smallest absolute Gasteiger partial charge is 0.266 e. The van der Waals surface area contributed by atoms with Gasteiger partial charge in [-0.2, -0.15) is 5.10 Å². The van der Waals surface area contributed by atoms with E-state index in [1.807, 2.05) is 0 Å². The van der Waals surface area contributed by atoms with Gasteiger partial charge in [0.15, 0.2) is 0 Å². The molecule has 1 aromatic rings. The highest BCUT2D eigenvalue weighted by atomic mass is 16.5. The molecule has 0 radical (unpaired) electrons. The molecule has 0 amide bonds. The van der Waals surface area contributed by atoms with Crippen LogP contribution in [-0.4, -0.2) is 47.0 Å². The van der Waals surface area contributed by atoms with Gasteiger partial charge in [0.1, 0.15) is 0 Å². The molecule has 3 rings (SSSR count). The van der Waals surface area contributed by atoms with Crippen LogP contribution in [0.4, 0.5) is 0 Å². The molecular weight excluding hydrogens is 206 g/mol. The van der Waals surface area contributed by atoms with E-state index in [2.05, 4.69) is 10.00 Å². The van der Waals surface area contributed by atoms with Crippen molar-refractivity contribution in [3.63, 3.8) is 0 Å². The predicted octanol–water partition coefficient (Wildman–Crippen LogP) is -0.426. The summed E-state index contributed by atoms with van der Waals surface area (Å²) in [7, 11) is 0. The highest BCUT2D eigenvalue weighted by molar-refractivity contribution is 4.90. The van der Waals surface area contributed by atoms with Gasteiger partial charge in [0.2, 0.25) is 0 Å². The van der Waals surface area contributed by atoms with E-state index in [0.717, 1.165) is 32.8 Å². The maximum atomic E-state index is 11.4. The average molecular weight is 221 g/mol. The van der Waals surface area contributed by atoms with Crippen LogP contribution in [0.3, 0.4) is 0 Å². The summed E-state index contributed by atoms with van der Waals surface area (Å²) in [6.45, 7) is 4.62. The zero-order chi connectivity index (χ0) is 11.0. The lowest BCUT2D eigenvalue weighted by molar-refractivity contribution is -0.104. The molecule has 0 N–H and O–H groups in total. The average Bonchev–Trinajstić information content (AvgIpc) is 2.15. The van der Waals surface area contributed by atoms with Gasteiger partial charge in [-0.25, -0.2) is 4.68 Å². The van der Waals surface area contributed by atoms with Crippen LogP contribution < -0.4 is 5.56 Å². The SMILES string of the molecule is O=c1cccnn1CC1CN(C2COC2)C1. The number of aromatic nitrogens is 2. The first-order valence-electron chi connectivity index (χ1n) is 5.67. The zero-order valence-electron chi connectivity index (χ0n) is 9.08. The van der Waals surface area contributed by atoms with Crippen LogP contribution in [0.15, 0.2) is 23.1 Å². The highest BCUT2D eigenvalue weighted by Gasteiger charge is 2.36. The van der Waals surface area contributed by atoms with Gasteiger partial charge in [-0.3, -0.25) is 9.69 Å². The van der Waals surface area contributed by atoms with E-state index in [0.29, 0.717) is 12.0 Å². The Morgan fingerprint density at radius 2 is 2.25 bits per heavy atom. The first-order valence-corrected chi connectivity index (χ1v) is 5.67. The molecule has 2 saturated heterocycles. The van der Waals surface area contributed by atoms with Gasteiger partial charge in [0.05, 0.1) is 25.8 Å². The Labute approximate surface area is 93.6 Å². The van der Waals surface area contributed by atoms with Crippen LogP contribution in [0.25, 0.3) is 0 Å². The van der Waals surface area contributed by atoms with E-state index < -0.39 is 0 Å². The molecule has 86 valence electrons. The molecule has 2 aliphatic heterocycles. The monoisotopic (exact) mass is 221 g/mol. The highest BCUT2D eigenvalue weighted by Crippen LogP contribution is 2.23. The Morgan fingerprint density at radius 1 is 1.44 bits per heavy atom. The molecule has 5 nitrogen and oxygen atoms in total. The van der Waals surface area contributed by atoms with Gasteiger partial charge in [-0.15, -0.1) is 0 Å². The van der Waals surface area contributed by atoms with Crippen LogP contribution in [-0.2, 0) is 11.3 Å². The number of hydrogen-bond acceptors (Lipinski definition) is 4. The summed E-state index contributed by atoms with van der Waals surface area (Å²) >= 11 is 0. The topological polar surface area (TPSA) is 47.4 Å². The number of ether oxygens (including phenoxy) is 1. The second-order valence-electron chi connectivity index (χ2n) is 4.56. The third-order valence-electron chi connectivity index (χ3n) is 3.34. The summed E-state index contributed by atoms with van der Waals surface area (Å²) < 4.78 is 6.71. The molecule has 2 aliphatic rings. The van der Waals surface area contributed by atoms with E-state index in [-0.39, 0.29) is 5.56 Å². The summed E-state index contributed by atoms with van der Waals surface area (Å²) in [6.07, 6.45) is 1.66. The van der Waals surface area contributed by atoms with Crippen molar-refractivity contribution in [3.05, 3.63) is 28.7 Å². The first-order chi connectivity index (χ1) is 7.83. The van der Waals surface area contributed by atoms with Crippen molar-refractivity contribution in [2.45, 2.75) is 12.6 Å². The van der Waals surface area contributed by atoms with E-state index in [4.69, 9.17) is 4.74 Å². The van der Waals surface area contributed by atoms with Gasteiger partial charge in [-0.1, -0.05) is 0 Å². The number of hydrogen-bond donors (Lipinski definition) is 0. The molecule has 0 aliphatic carbocycles. The largest absolute Gasteiger partial charge is 0.378 e. The van der Waals surface area contributed by atoms with Crippen LogP contribution in [0, 0.1) is 5.92 Å². The minimum atomic E-state index is -0.00655. The molecule has 3 heterocycles. The van der Waals surface area contributed by atoms with E-state index >= 15 is 0 Å². The molecule has 1 aromatic heterocycles. The second kappa shape index (κ2) is 3.99. The fourth-order valence-corrected chi connectivity index (χ4v) is 2.23. The van der Waals surface area contributed by atoms with Crippen molar-refractivity contribution in [1.29, 1.82) is 0 Å². The molecular formula is C11H15N3O2. The zero-order valence-corrected chi connectivity index (χ0v) is 9.08. The molecule has 0 aromatic carbocycles. The Hall–Kier alpha value is -1.20. The fraction of sp³-hybridized carbons (Fsp3) is 0.636. The molecule has 0 atom stereocenters. The number of likely N-dealkylation sites (tertiary alicyclic amines) is 1. The lowest BCUT2D eigenvalue weighted by Crippen LogP contribution is -2.60. The molecule has 0 unspecified atom stereocenters. The first kappa shape index (κ1) is 9.99. The number of nitrogens with zero attached hydrogens (tertiary/aromatic N) is 3. The third kappa shape index (κ3) is 1.76. The predicted molar refractivity (Wildman–Crippen MR) is 58.2 cm³/mol. The summed E-state index contributed by atoms with van der Waals surface area (Å²) in [5.74, 6) is 0.563. The van der Waals surface area contributed by atoms with Gasteiger partial charge >= 0.3 is 0 Å². The summed E-state index contributed by atoms with van der Waals surface area (Å²) in [5.41, 5.74) is -0.00655. The normalized spacial score (nSPS) is 22.8. The third-order valence-corrected chi connectivity index (χ3v) is 3.34. The van der Waals surface area contributed by atoms with Crippen LogP contribution in [0.1, 0.15) is 0 Å². The summed E-state index contributed by atoms with van der Waals surface area (Å²) in [5, 5.41) is 4.07. The lowest BCUT2D eigenvalue weighted by Gasteiger charge is -2.47. The molecule has 0 spiro atoms. The van der Waals surface area contributed by atoms with Crippen LogP contribution >= 0.6 is 0 Å². The van der Waals surface area contributed by atoms with E-state index in [9.17, 15) is 4.79 Å². The number of rotatable bonds is 3. The van der Waals surface area contributed by atoms with Gasteiger partial charge in [0, 0.05) is 31.3 Å². The van der Waals surface area contributed by atoms with Crippen molar-refractivity contribution in [2.75, 3.05) is 26.3 Å². The quantitative estimate of drug-likeness (QED) is 0.695. The summed E-state index contributed by atoms with van der Waals surface area (Å²) in [4.78, 5) is 13.9. The Bertz CT molecular complexity index is 421. The van der Waals surface area contributed by atoms with Gasteiger partial charge in [0.25, 0.3) is 5.56 Å². The second-order valence-corrected chi connectivity index (χ2v) is 4.56. The summed E-state index contributed by atoms with van der Waals surface area (Å²) in [6, 6.07) is 3.86. The Kier molecular flexibility index (Phi) is 2.49. The van der Waals surface area contributed by atoms with Crippen molar-refractivity contribution >= 4 is 0 Å². The maximum absolute atomic E-state index is 11.4. The molecule has 16 heavy (non-hydrogen) atoms. The lowest BCUT2D eigenvalue weighted by atomic mass is 9.97. The fourth-order valence-electron chi connectivity index (χ4n) is 2.23. The van der Waals surface area contributed by atoms with Gasteiger partial charge in [-0.05, 0) is 6.07 Å². The molecule has 5 heteroatoms.